The maximum Gasteiger partial charge on any atom is 0.358 e. The smallest absolute Gasteiger partial charge is 0.358 e. The molecule has 1 atom stereocenters. The summed E-state index contributed by atoms with van der Waals surface area (Å²) in [5, 5.41) is 5.96. The van der Waals surface area contributed by atoms with E-state index in [1.807, 2.05) is 18.2 Å². The highest BCUT2D eigenvalue weighted by atomic mass is 32.1. The van der Waals surface area contributed by atoms with Gasteiger partial charge in [0.1, 0.15) is 24.0 Å². The molecule has 0 unspecified atom stereocenters. The van der Waals surface area contributed by atoms with Crippen LogP contribution in [0.15, 0.2) is 35.7 Å². The van der Waals surface area contributed by atoms with E-state index >= 15 is 0 Å². The zero-order valence-corrected chi connectivity index (χ0v) is 21.2. The van der Waals surface area contributed by atoms with E-state index in [0.717, 1.165) is 29.8 Å². The fourth-order valence-electron chi connectivity index (χ4n) is 5.06. The number of piperidine rings is 1. The second-order valence-corrected chi connectivity index (χ2v) is 10.4. The van der Waals surface area contributed by atoms with Crippen molar-refractivity contribution in [2.75, 3.05) is 13.1 Å². The zero-order valence-electron chi connectivity index (χ0n) is 20.4. The third-order valence-electron chi connectivity index (χ3n) is 7.05. The van der Waals surface area contributed by atoms with Crippen molar-refractivity contribution in [1.29, 1.82) is 0 Å². The van der Waals surface area contributed by atoms with Gasteiger partial charge in [-0.2, -0.15) is 5.10 Å². The topological polar surface area (TPSA) is 77.3 Å². The Labute approximate surface area is 220 Å². The van der Waals surface area contributed by atoms with Gasteiger partial charge in [-0.05, 0) is 49.3 Å². The van der Waals surface area contributed by atoms with E-state index in [9.17, 15) is 27.2 Å². The Morgan fingerprint density at radius 1 is 1.08 bits per heavy atom. The number of ether oxygens (including phenoxy) is 1. The highest BCUT2D eigenvalue weighted by Gasteiger charge is 2.30. The number of rotatable bonds is 7. The lowest BCUT2D eigenvalue weighted by Gasteiger charge is -2.31. The van der Waals surface area contributed by atoms with E-state index in [0.29, 0.717) is 36.7 Å². The zero-order chi connectivity index (χ0) is 26.8. The molecule has 1 aliphatic heterocycles. The van der Waals surface area contributed by atoms with Crippen molar-refractivity contribution in [3.63, 3.8) is 0 Å². The number of hydrogen-bond acceptors (Lipinski definition) is 6. The Morgan fingerprint density at radius 2 is 1.84 bits per heavy atom. The van der Waals surface area contributed by atoms with Gasteiger partial charge in [-0.3, -0.25) is 9.48 Å². The number of likely N-dealkylation sites (tertiary alicyclic amines) is 1. The number of carbonyl (C=O) groups excluding carboxylic acids is 2. The summed E-state index contributed by atoms with van der Waals surface area (Å²) in [6, 6.07) is 8.60. The first-order valence-corrected chi connectivity index (χ1v) is 13.3. The molecule has 1 amide bonds. The first kappa shape index (κ1) is 26.3. The van der Waals surface area contributed by atoms with E-state index in [-0.39, 0.29) is 17.7 Å². The first-order chi connectivity index (χ1) is 18.3. The number of aromatic nitrogens is 3. The molecule has 0 spiro atoms. The molecule has 2 aliphatic rings. The second-order valence-electron chi connectivity index (χ2n) is 9.46. The van der Waals surface area contributed by atoms with Gasteiger partial charge in [-0.1, -0.05) is 24.3 Å². The van der Waals surface area contributed by atoms with E-state index in [1.165, 1.54) is 21.8 Å². The van der Waals surface area contributed by atoms with Gasteiger partial charge in [0.05, 0.1) is 5.01 Å². The summed E-state index contributed by atoms with van der Waals surface area (Å²) in [4.78, 5) is 31.5. The molecule has 0 N–H and O–H groups in total. The number of alkyl halides is 4. The van der Waals surface area contributed by atoms with Crippen LogP contribution in [0.25, 0.3) is 0 Å². The number of hydrogen-bond donors (Lipinski definition) is 0. The number of amides is 1. The molecule has 3 aromatic rings. The number of esters is 1. The average Bonchev–Trinajstić information content (AvgIpc) is 3.57. The van der Waals surface area contributed by atoms with Crippen molar-refractivity contribution in [1.82, 2.24) is 19.7 Å². The molecule has 0 bridgehead atoms. The van der Waals surface area contributed by atoms with Crippen molar-refractivity contribution in [2.45, 2.75) is 63.5 Å². The molecule has 12 heteroatoms. The van der Waals surface area contributed by atoms with Crippen LogP contribution in [-0.4, -0.2) is 44.6 Å². The summed E-state index contributed by atoms with van der Waals surface area (Å²) in [5.41, 5.74) is 1.02. The molecule has 1 saturated heterocycles. The van der Waals surface area contributed by atoms with Crippen LogP contribution in [0.4, 0.5) is 17.6 Å². The number of carbonyl (C=O) groups is 2. The van der Waals surface area contributed by atoms with Gasteiger partial charge in [0.25, 0.3) is 12.9 Å². The van der Waals surface area contributed by atoms with E-state index in [2.05, 4.69) is 16.1 Å². The minimum absolute atomic E-state index is 0.0350. The number of nitrogens with zero attached hydrogens (tertiary/aromatic N) is 4. The van der Waals surface area contributed by atoms with Crippen LogP contribution in [0.3, 0.4) is 0 Å². The summed E-state index contributed by atoms with van der Waals surface area (Å²) in [7, 11) is 0. The lowest BCUT2D eigenvalue weighted by atomic mass is 9.89. The number of halogens is 4. The molecule has 7 nitrogen and oxygen atoms in total. The van der Waals surface area contributed by atoms with Crippen LogP contribution in [0.5, 0.6) is 0 Å². The summed E-state index contributed by atoms with van der Waals surface area (Å²) >= 11 is 1.37. The lowest BCUT2D eigenvalue weighted by molar-refractivity contribution is -0.133. The maximum absolute atomic E-state index is 13.2. The Morgan fingerprint density at radius 3 is 2.58 bits per heavy atom. The summed E-state index contributed by atoms with van der Waals surface area (Å²) in [6.45, 7) is 0.179. The van der Waals surface area contributed by atoms with Crippen molar-refractivity contribution in [3.05, 3.63) is 68.9 Å². The van der Waals surface area contributed by atoms with Gasteiger partial charge in [0.2, 0.25) is 5.91 Å². The highest BCUT2D eigenvalue weighted by molar-refractivity contribution is 7.09. The summed E-state index contributed by atoms with van der Waals surface area (Å²) < 4.78 is 58.7. The van der Waals surface area contributed by atoms with Crippen molar-refractivity contribution >= 4 is 23.2 Å². The van der Waals surface area contributed by atoms with Gasteiger partial charge in [-0.25, -0.2) is 27.3 Å². The number of thiazole rings is 1. The minimum Gasteiger partial charge on any atom is -0.453 e. The van der Waals surface area contributed by atoms with Crippen LogP contribution in [-0.2, 0) is 22.5 Å². The van der Waals surface area contributed by atoms with Crippen molar-refractivity contribution < 1.29 is 31.9 Å². The number of aryl methyl sites for hydroxylation is 1. The molecule has 1 fully saturated rings. The van der Waals surface area contributed by atoms with Crippen molar-refractivity contribution in [2.24, 2.45) is 0 Å². The van der Waals surface area contributed by atoms with E-state index in [1.54, 1.807) is 5.38 Å². The predicted octanol–water partition coefficient (Wildman–Crippen LogP) is 5.86. The number of fused-ring (bicyclic) bond motifs is 1. The monoisotopic (exact) mass is 550 g/mol. The predicted molar refractivity (Wildman–Crippen MR) is 130 cm³/mol. The molecule has 202 valence electrons. The van der Waals surface area contributed by atoms with Gasteiger partial charge in [0, 0.05) is 24.4 Å². The lowest BCUT2D eigenvalue weighted by Crippen LogP contribution is -2.40. The molecular formula is C26H26F4N4O3S. The van der Waals surface area contributed by atoms with Crippen LogP contribution >= 0.6 is 11.3 Å². The molecule has 38 heavy (non-hydrogen) atoms. The van der Waals surface area contributed by atoms with E-state index in [4.69, 9.17) is 4.74 Å². The molecule has 5 rings (SSSR count). The molecule has 1 aliphatic carbocycles. The highest BCUT2D eigenvalue weighted by Crippen LogP contribution is 2.34. The van der Waals surface area contributed by atoms with Gasteiger partial charge < -0.3 is 9.64 Å². The van der Waals surface area contributed by atoms with Gasteiger partial charge in [0.15, 0.2) is 5.69 Å². The van der Waals surface area contributed by atoms with Crippen molar-refractivity contribution in [3.8, 4) is 0 Å². The Kier molecular flexibility index (Phi) is 7.78. The largest absolute Gasteiger partial charge is 0.453 e. The Hall–Kier alpha value is -3.28. The van der Waals surface area contributed by atoms with Crippen LogP contribution in [0.1, 0.15) is 88.6 Å². The minimum atomic E-state index is -3.02. The molecule has 1 aromatic carbocycles. The third kappa shape index (κ3) is 5.59. The second kappa shape index (κ2) is 11.2. The molecule has 0 radical (unpaired) electrons. The normalized spacial score (nSPS) is 18.2. The van der Waals surface area contributed by atoms with Crippen LogP contribution in [0, 0.1) is 0 Å². The summed E-state index contributed by atoms with van der Waals surface area (Å²) in [5.74, 6) is -0.891. The quantitative estimate of drug-likeness (QED) is 0.272. The van der Waals surface area contributed by atoms with Gasteiger partial charge in [-0.15, -0.1) is 11.3 Å². The molecular weight excluding hydrogens is 524 g/mol. The first-order valence-electron chi connectivity index (χ1n) is 12.5. The maximum atomic E-state index is 13.2. The standard InChI is InChI=1S/C26H26F4N4O3S/c27-23(28)18-12-20(24(29)30)34(32-18)13-22(35)33-10-8-16(9-11-33)25-31-19(14-38-25)26(36)37-21-7-3-5-15-4-1-2-6-17(15)21/h1-2,4,6,12,14,16,21,23-24H,3,5,7-11,13H2/t21-/m0/s1. The summed E-state index contributed by atoms with van der Waals surface area (Å²) in [6.07, 6.45) is -2.47. The Balaban J connectivity index is 1.16. The molecule has 0 saturated carbocycles. The third-order valence-corrected chi connectivity index (χ3v) is 8.06. The molecule has 3 heterocycles. The van der Waals surface area contributed by atoms with Crippen LogP contribution < -0.4 is 0 Å². The molecule has 2 aromatic heterocycles. The number of benzene rings is 1. The van der Waals surface area contributed by atoms with Crippen LogP contribution in [0.2, 0.25) is 0 Å². The van der Waals surface area contributed by atoms with Gasteiger partial charge >= 0.3 is 5.97 Å². The fourth-order valence-corrected chi connectivity index (χ4v) is 6.02. The van der Waals surface area contributed by atoms with E-state index < -0.39 is 42.7 Å². The Bertz CT molecular complexity index is 1300. The SMILES string of the molecule is O=C(O[C@H]1CCCc2ccccc21)c1csc(C2CCN(C(=O)Cn3nc(C(F)F)cc3C(F)F)CC2)n1. The average molecular weight is 551 g/mol. The fraction of sp³-hybridized carbons (Fsp3) is 0.462.